The van der Waals surface area contributed by atoms with Gasteiger partial charge in [-0.15, -0.1) is 11.3 Å². The number of rotatable bonds is 3. The first-order valence-electron chi connectivity index (χ1n) is 4.39. The Hall–Kier alpha value is -1.69. The number of carbonyl (C=O) groups excluding carboxylic acids is 1. The van der Waals surface area contributed by atoms with E-state index in [1.807, 2.05) is 12.4 Å². The topological polar surface area (TPSA) is 59.8 Å². The van der Waals surface area contributed by atoms with Crippen LogP contribution in [-0.4, -0.2) is 20.4 Å². The molecule has 0 aromatic carbocycles. The lowest BCUT2D eigenvalue weighted by Crippen LogP contribution is -2.23. The molecule has 0 aliphatic rings. The van der Waals surface area contributed by atoms with Crippen molar-refractivity contribution in [3.05, 3.63) is 34.8 Å². The van der Waals surface area contributed by atoms with E-state index in [-0.39, 0.29) is 5.91 Å². The Morgan fingerprint density at radius 2 is 2.47 bits per heavy atom. The van der Waals surface area contributed by atoms with E-state index in [1.54, 1.807) is 22.6 Å². The Labute approximate surface area is 90.8 Å². The molecule has 1 N–H and O–H groups in total. The smallest absolute Gasteiger partial charge is 0.271 e. The minimum Gasteiger partial charge on any atom is -0.345 e. The molecule has 0 fully saturated rings. The van der Waals surface area contributed by atoms with Gasteiger partial charge in [-0.05, 0) is 0 Å². The molecule has 0 saturated carbocycles. The predicted octanol–water partition coefficient (Wildman–Crippen LogP) is 0.807. The molecular formula is C9H10N4OS. The first kappa shape index (κ1) is 9.85. The van der Waals surface area contributed by atoms with E-state index in [0.717, 1.165) is 5.69 Å². The first-order chi connectivity index (χ1) is 7.25. The van der Waals surface area contributed by atoms with Gasteiger partial charge < -0.3 is 9.88 Å². The van der Waals surface area contributed by atoms with Crippen LogP contribution in [0.25, 0.3) is 0 Å². The second kappa shape index (κ2) is 4.22. The summed E-state index contributed by atoms with van der Waals surface area (Å²) in [6.45, 7) is 0.443. The molecule has 6 heteroatoms. The van der Waals surface area contributed by atoms with Crippen molar-refractivity contribution < 1.29 is 4.79 Å². The summed E-state index contributed by atoms with van der Waals surface area (Å²) < 4.78 is 1.73. The molecule has 0 spiro atoms. The predicted molar refractivity (Wildman–Crippen MR) is 56.5 cm³/mol. The van der Waals surface area contributed by atoms with Gasteiger partial charge in [0.25, 0.3) is 5.91 Å². The lowest BCUT2D eigenvalue weighted by Gasteiger charge is -1.99. The molecule has 0 saturated heterocycles. The summed E-state index contributed by atoms with van der Waals surface area (Å²) in [6, 6.07) is 0. The Morgan fingerprint density at radius 3 is 3.07 bits per heavy atom. The zero-order chi connectivity index (χ0) is 10.7. The van der Waals surface area contributed by atoms with Gasteiger partial charge in [-0.3, -0.25) is 4.79 Å². The number of imidazole rings is 1. The summed E-state index contributed by atoms with van der Waals surface area (Å²) in [5, 5.41) is 4.65. The number of aromatic nitrogens is 3. The highest BCUT2D eigenvalue weighted by Crippen LogP contribution is 2.01. The summed E-state index contributed by atoms with van der Waals surface area (Å²) in [6.07, 6.45) is 3.27. The molecule has 2 aromatic heterocycles. The zero-order valence-electron chi connectivity index (χ0n) is 8.17. The maximum absolute atomic E-state index is 11.5. The van der Waals surface area contributed by atoms with Gasteiger partial charge in [-0.2, -0.15) is 0 Å². The van der Waals surface area contributed by atoms with E-state index in [0.29, 0.717) is 12.2 Å². The van der Waals surface area contributed by atoms with Crippen molar-refractivity contribution in [3.63, 3.8) is 0 Å². The van der Waals surface area contributed by atoms with Crippen LogP contribution in [0, 0.1) is 0 Å². The maximum Gasteiger partial charge on any atom is 0.271 e. The van der Waals surface area contributed by atoms with Crippen LogP contribution in [0.2, 0.25) is 0 Å². The quantitative estimate of drug-likeness (QED) is 0.836. The monoisotopic (exact) mass is 222 g/mol. The van der Waals surface area contributed by atoms with Crippen LogP contribution in [0.1, 0.15) is 16.2 Å². The third-order valence-electron chi connectivity index (χ3n) is 1.85. The fourth-order valence-corrected chi connectivity index (χ4v) is 1.67. The van der Waals surface area contributed by atoms with E-state index in [1.165, 1.54) is 11.3 Å². The van der Waals surface area contributed by atoms with Gasteiger partial charge in [0.2, 0.25) is 0 Å². The molecule has 0 radical (unpaired) electrons. The molecule has 0 aliphatic carbocycles. The van der Waals surface area contributed by atoms with Crippen molar-refractivity contribution in [3.8, 4) is 0 Å². The molecule has 78 valence electrons. The molecule has 15 heavy (non-hydrogen) atoms. The third-order valence-corrected chi connectivity index (χ3v) is 2.49. The van der Waals surface area contributed by atoms with Crippen LogP contribution >= 0.6 is 11.3 Å². The van der Waals surface area contributed by atoms with Crippen LogP contribution in [0.15, 0.2) is 23.4 Å². The molecule has 2 heterocycles. The third kappa shape index (κ3) is 2.41. The van der Waals surface area contributed by atoms with Crippen molar-refractivity contribution in [1.29, 1.82) is 0 Å². The molecule has 5 nitrogen and oxygen atoms in total. The molecule has 2 aromatic rings. The number of carbonyl (C=O) groups is 1. The summed E-state index contributed by atoms with van der Waals surface area (Å²) in [5.74, 6) is -0.177. The number of hydrogen-bond donors (Lipinski definition) is 1. The van der Waals surface area contributed by atoms with Gasteiger partial charge >= 0.3 is 0 Å². The normalized spacial score (nSPS) is 10.2. The standard InChI is InChI=1S/C9H10N4OS/c1-13-3-8(11-5-13)9(14)10-2-7-4-15-6-12-7/h3-6H,2H2,1H3,(H,10,14). The van der Waals surface area contributed by atoms with Gasteiger partial charge in [0, 0.05) is 18.6 Å². The Morgan fingerprint density at radius 1 is 1.60 bits per heavy atom. The number of nitrogens with zero attached hydrogens (tertiary/aromatic N) is 3. The highest BCUT2D eigenvalue weighted by Gasteiger charge is 2.07. The van der Waals surface area contributed by atoms with Crippen LogP contribution in [-0.2, 0) is 13.6 Å². The van der Waals surface area contributed by atoms with Gasteiger partial charge in [-0.1, -0.05) is 0 Å². The number of hydrogen-bond acceptors (Lipinski definition) is 4. The Balaban J connectivity index is 1.93. The average molecular weight is 222 g/mol. The van der Waals surface area contributed by atoms with Crippen LogP contribution in [0.4, 0.5) is 0 Å². The number of amides is 1. The highest BCUT2D eigenvalue weighted by atomic mass is 32.1. The largest absolute Gasteiger partial charge is 0.345 e. The molecule has 0 aliphatic heterocycles. The van der Waals surface area contributed by atoms with E-state index < -0.39 is 0 Å². The van der Waals surface area contributed by atoms with Crippen molar-refractivity contribution in [2.24, 2.45) is 7.05 Å². The number of nitrogens with one attached hydrogen (secondary N) is 1. The van der Waals surface area contributed by atoms with Gasteiger partial charge in [0.1, 0.15) is 5.69 Å². The molecule has 2 rings (SSSR count). The van der Waals surface area contributed by atoms with Crippen molar-refractivity contribution in [2.75, 3.05) is 0 Å². The van der Waals surface area contributed by atoms with Crippen molar-refractivity contribution >= 4 is 17.2 Å². The van der Waals surface area contributed by atoms with Crippen molar-refractivity contribution in [2.45, 2.75) is 6.54 Å². The zero-order valence-corrected chi connectivity index (χ0v) is 8.99. The minimum absolute atomic E-state index is 0.177. The molecule has 0 atom stereocenters. The minimum atomic E-state index is -0.177. The van der Waals surface area contributed by atoms with Gasteiger partial charge in [0.05, 0.1) is 24.1 Å². The van der Waals surface area contributed by atoms with E-state index in [4.69, 9.17) is 0 Å². The lowest BCUT2D eigenvalue weighted by atomic mass is 10.4. The summed E-state index contributed by atoms with van der Waals surface area (Å²) in [7, 11) is 1.82. The molecule has 1 amide bonds. The highest BCUT2D eigenvalue weighted by molar-refractivity contribution is 7.07. The second-order valence-corrected chi connectivity index (χ2v) is 3.81. The molecule has 0 unspecified atom stereocenters. The Bertz CT molecular complexity index is 448. The number of thiazole rings is 1. The number of aryl methyl sites for hydroxylation is 1. The molecule has 0 bridgehead atoms. The maximum atomic E-state index is 11.5. The summed E-state index contributed by atoms with van der Waals surface area (Å²) in [4.78, 5) is 19.6. The fraction of sp³-hybridized carbons (Fsp3) is 0.222. The fourth-order valence-electron chi connectivity index (χ4n) is 1.12. The first-order valence-corrected chi connectivity index (χ1v) is 5.33. The van der Waals surface area contributed by atoms with Crippen molar-refractivity contribution in [1.82, 2.24) is 19.9 Å². The van der Waals surface area contributed by atoms with Gasteiger partial charge in [-0.25, -0.2) is 9.97 Å². The van der Waals surface area contributed by atoms with Crippen LogP contribution in [0.3, 0.4) is 0 Å². The van der Waals surface area contributed by atoms with Crippen LogP contribution in [0.5, 0.6) is 0 Å². The second-order valence-electron chi connectivity index (χ2n) is 3.09. The van der Waals surface area contributed by atoms with E-state index in [2.05, 4.69) is 15.3 Å². The van der Waals surface area contributed by atoms with Crippen LogP contribution < -0.4 is 5.32 Å². The summed E-state index contributed by atoms with van der Waals surface area (Å²) >= 11 is 1.51. The SMILES string of the molecule is Cn1cnc(C(=O)NCc2cscn2)c1. The summed E-state index contributed by atoms with van der Waals surface area (Å²) in [5.41, 5.74) is 3.03. The molecular weight excluding hydrogens is 212 g/mol. The van der Waals surface area contributed by atoms with E-state index in [9.17, 15) is 4.79 Å². The lowest BCUT2D eigenvalue weighted by molar-refractivity contribution is 0.0946. The Kier molecular flexibility index (Phi) is 2.77. The van der Waals surface area contributed by atoms with Gasteiger partial charge in [0.15, 0.2) is 0 Å². The van der Waals surface area contributed by atoms with E-state index >= 15 is 0 Å². The average Bonchev–Trinajstić information content (AvgIpc) is 2.84.